The lowest BCUT2D eigenvalue weighted by atomic mass is 10.0. The normalized spacial score (nSPS) is 20.0. The van der Waals surface area contributed by atoms with Crippen molar-refractivity contribution in [1.29, 1.82) is 0 Å². The van der Waals surface area contributed by atoms with Crippen LogP contribution in [0.1, 0.15) is 16.7 Å². The standard InChI is InChI=1S/C16H19NO3S/c1-11-6-13(7-12(2)16(11)19)8-15-14(9-18)17(10-20-3)4-5-21-15/h4-9,14,19H,10H2,1-3H3. The van der Waals surface area contributed by atoms with E-state index in [-0.39, 0.29) is 6.04 Å². The molecule has 4 nitrogen and oxygen atoms in total. The third kappa shape index (κ3) is 3.49. The first-order valence-corrected chi connectivity index (χ1v) is 7.50. The molecule has 0 fully saturated rings. The molecule has 5 heteroatoms. The molecular formula is C16H19NO3S. The summed E-state index contributed by atoms with van der Waals surface area (Å²) in [6.45, 7) is 4.10. The van der Waals surface area contributed by atoms with Crippen molar-refractivity contribution < 1.29 is 14.6 Å². The Balaban J connectivity index is 2.35. The molecule has 0 aromatic heterocycles. The van der Waals surface area contributed by atoms with Gasteiger partial charge < -0.3 is 19.5 Å². The number of benzene rings is 1. The van der Waals surface area contributed by atoms with Crippen molar-refractivity contribution in [3.05, 3.63) is 45.3 Å². The second-order valence-electron chi connectivity index (χ2n) is 4.97. The van der Waals surface area contributed by atoms with Crippen molar-refractivity contribution in [2.45, 2.75) is 19.9 Å². The molecule has 1 N–H and O–H groups in total. The fourth-order valence-corrected chi connectivity index (χ4v) is 3.20. The smallest absolute Gasteiger partial charge is 0.147 e. The molecule has 112 valence electrons. The van der Waals surface area contributed by atoms with Crippen LogP contribution >= 0.6 is 11.8 Å². The summed E-state index contributed by atoms with van der Waals surface area (Å²) in [6.07, 6.45) is 4.76. The highest BCUT2D eigenvalue weighted by atomic mass is 32.2. The average Bonchev–Trinajstić information content (AvgIpc) is 2.45. The summed E-state index contributed by atoms with van der Waals surface area (Å²) in [6, 6.07) is 3.49. The molecule has 0 bridgehead atoms. The lowest BCUT2D eigenvalue weighted by Crippen LogP contribution is -2.35. The van der Waals surface area contributed by atoms with Gasteiger partial charge in [0.1, 0.15) is 24.8 Å². The van der Waals surface area contributed by atoms with Crippen LogP contribution in [-0.2, 0) is 9.53 Å². The van der Waals surface area contributed by atoms with Crippen LogP contribution in [0.4, 0.5) is 0 Å². The third-order valence-electron chi connectivity index (χ3n) is 3.33. The van der Waals surface area contributed by atoms with Crippen molar-refractivity contribution in [3.8, 4) is 5.75 Å². The minimum Gasteiger partial charge on any atom is -0.507 e. The van der Waals surface area contributed by atoms with E-state index in [0.717, 1.165) is 27.9 Å². The Labute approximate surface area is 129 Å². The number of hydrogen-bond acceptors (Lipinski definition) is 5. The van der Waals surface area contributed by atoms with E-state index in [0.29, 0.717) is 12.5 Å². The van der Waals surface area contributed by atoms with Crippen LogP contribution in [0.5, 0.6) is 5.75 Å². The van der Waals surface area contributed by atoms with Gasteiger partial charge in [0, 0.05) is 18.2 Å². The van der Waals surface area contributed by atoms with Gasteiger partial charge >= 0.3 is 0 Å². The zero-order chi connectivity index (χ0) is 15.4. The molecule has 0 saturated heterocycles. The molecular weight excluding hydrogens is 286 g/mol. The molecule has 1 aromatic rings. The molecule has 21 heavy (non-hydrogen) atoms. The molecule has 1 atom stereocenters. The number of phenolic OH excluding ortho intramolecular Hbond substituents is 1. The first-order chi connectivity index (χ1) is 10.1. The molecule has 0 aliphatic carbocycles. The summed E-state index contributed by atoms with van der Waals surface area (Å²) >= 11 is 1.53. The maximum absolute atomic E-state index is 11.4. The highest BCUT2D eigenvalue weighted by Crippen LogP contribution is 2.32. The third-order valence-corrected chi connectivity index (χ3v) is 4.22. The van der Waals surface area contributed by atoms with E-state index in [4.69, 9.17) is 4.74 Å². The molecule has 0 amide bonds. The van der Waals surface area contributed by atoms with E-state index in [1.54, 1.807) is 7.11 Å². The highest BCUT2D eigenvalue weighted by molar-refractivity contribution is 8.06. The summed E-state index contributed by atoms with van der Waals surface area (Å²) in [5.41, 5.74) is 2.63. The average molecular weight is 305 g/mol. The van der Waals surface area contributed by atoms with Crippen LogP contribution in [0, 0.1) is 13.8 Å². The van der Waals surface area contributed by atoms with E-state index in [9.17, 15) is 9.90 Å². The van der Waals surface area contributed by atoms with Crippen LogP contribution in [0.25, 0.3) is 6.08 Å². The fourth-order valence-electron chi connectivity index (χ4n) is 2.29. The Morgan fingerprint density at radius 1 is 1.38 bits per heavy atom. The number of thioether (sulfide) groups is 1. The first-order valence-electron chi connectivity index (χ1n) is 6.62. The van der Waals surface area contributed by atoms with Crippen molar-refractivity contribution in [3.63, 3.8) is 0 Å². The quantitative estimate of drug-likeness (QED) is 0.867. The SMILES string of the molecule is COCN1C=CSC(=Cc2cc(C)c(O)c(C)c2)C1C=O. The molecule has 0 spiro atoms. The van der Waals surface area contributed by atoms with Gasteiger partial charge in [0.15, 0.2) is 0 Å². The number of aryl methyl sites for hydroxylation is 2. The summed E-state index contributed by atoms with van der Waals surface area (Å²) < 4.78 is 5.11. The molecule has 1 heterocycles. The zero-order valence-electron chi connectivity index (χ0n) is 12.4. The number of ether oxygens (including phenoxy) is 1. The molecule has 1 aliphatic rings. The van der Waals surface area contributed by atoms with E-state index >= 15 is 0 Å². The summed E-state index contributed by atoms with van der Waals surface area (Å²) in [4.78, 5) is 14.2. The van der Waals surface area contributed by atoms with Crippen molar-refractivity contribution in [2.24, 2.45) is 0 Å². The number of hydrogen-bond donors (Lipinski definition) is 1. The number of methoxy groups -OCH3 is 1. The number of carbonyl (C=O) groups excluding carboxylic acids is 1. The Bertz CT molecular complexity index is 572. The zero-order valence-corrected chi connectivity index (χ0v) is 13.2. The van der Waals surface area contributed by atoms with Crippen LogP contribution in [0.2, 0.25) is 0 Å². The van der Waals surface area contributed by atoms with Gasteiger partial charge in [-0.2, -0.15) is 0 Å². The van der Waals surface area contributed by atoms with Crippen LogP contribution in [-0.4, -0.2) is 36.2 Å². The Hall–Kier alpha value is -1.72. The molecule has 2 rings (SSSR count). The number of phenols is 1. The van der Waals surface area contributed by atoms with Gasteiger partial charge in [0.25, 0.3) is 0 Å². The van der Waals surface area contributed by atoms with Gasteiger partial charge in [-0.1, -0.05) is 11.8 Å². The molecule has 1 unspecified atom stereocenters. The number of nitrogens with zero attached hydrogens (tertiary/aromatic N) is 1. The number of rotatable bonds is 4. The maximum Gasteiger partial charge on any atom is 0.147 e. The van der Waals surface area contributed by atoms with Crippen LogP contribution < -0.4 is 0 Å². The fraction of sp³-hybridized carbons (Fsp3) is 0.312. The largest absolute Gasteiger partial charge is 0.507 e. The van der Waals surface area contributed by atoms with Gasteiger partial charge in [-0.15, -0.1) is 0 Å². The first kappa shape index (κ1) is 15.7. The predicted molar refractivity (Wildman–Crippen MR) is 85.9 cm³/mol. The molecule has 0 saturated carbocycles. The van der Waals surface area contributed by atoms with Crippen molar-refractivity contribution in [2.75, 3.05) is 13.8 Å². The topological polar surface area (TPSA) is 49.8 Å². The lowest BCUT2D eigenvalue weighted by Gasteiger charge is -2.30. The van der Waals surface area contributed by atoms with Crippen LogP contribution in [0.15, 0.2) is 28.6 Å². The second-order valence-corrected chi connectivity index (χ2v) is 5.95. The van der Waals surface area contributed by atoms with Gasteiger partial charge in [-0.05, 0) is 54.2 Å². The summed E-state index contributed by atoms with van der Waals surface area (Å²) in [5, 5.41) is 11.8. The van der Waals surface area contributed by atoms with E-state index < -0.39 is 0 Å². The minimum absolute atomic E-state index is 0.321. The maximum atomic E-state index is 11.4. The molecule has 0 radical (unpaired) electrons. The number of carbonyl (C=O) groups is 1. The predicted octanol–water partition coefficient (Wildman–Crippen LogP) is 3.04. The minimum atomic E-state index is -0.339. The highest BCUT2D eigenvalue weighted by Gasteiger charge is 2.22. The summed E-state index contributed by atoms with van der Waals surface area (Å²) in [7, 11) is 1.60. The van der Waals surface area contributed by atoms with E-state index in [1.165, 1.54) is 11.8 Å². The van der Waals surface area contributed by atoms with Gasteiger partial charge in [0.05, 0.1) is 0 Å². The van der Waals surface area contributed by atoms with Crippen molar-refractivity contribution in [1.82, 2.24) is 4.90 Å². The summed E-state index contributed by atoms with van der Waals surface area (Å²) in [5.74, 6) is 0.321. The van der Waals surface area contributed by atoms with E-state index in [1.807, 2.05) is 48.6 Å². The molecule has 1 aliphatic heterocycles. The van der Waals surface area contributed by atoms with E-state index in [2.05, 4.69) is 0 Å². The number of aromatic hydroxyl groups is 1. The van der Waals surface area contributed by atoms with Gasteiger partial charge in [-0.3, -0.25) is 0 Å². The van der Waals surface area contributed by atoms with Gasteiger partial charge in [0.2, 0.25) is 0 Å². The van der Waals surface area contributed by atoms with Crippen molar-refractivity contribution >= 4 is 24.1 Å². The Morgan fingerprint density at radius 2 is 2.05 bits per heavy atom. The monoisotopic (exact) mass is 305 g/mol. The second kappa shape index (κ2) is 6.83. The van der Waals surface area contributed by atoms with Crippen LogP contribution in [0.3, 0.4) is 0 Å². The van der Waals surface area contributed by atoms with Gasteiger partial charge in [-0.25, -0.2) is 0 Å². The Kier molecular flexibility index (Phi) is 5.09. The molecule has 1 aromatic carbocycles. The lowest BCUT2D eigenvalue weighted by molar-refractivity contribution is -0.111. The number of aldehydes is 1. The Morgan fingerprint density at radius 3 is 2.62 bits per heavy atom.